The number of hydrogen-bond donors (Lipinski definition) is 1. The summed E-state index contributed by atoms with van der Waals surface area (Å²) in [5, 5.41) is 18.8. The van der Waals surface area contributed by atoms with Crippen molar-refractivity contribution in [2.24, 2.45) is 0 Å². The van der Waals surface area contributed by atoms with Gasteiger partial charge in [0.1, 0.15) is 0 Å². The van der Waals surface area contributed by atoms with Gasteiger partial charge in [0.2, 0.25) is 0 Å². The molecular weight excluding hydrogens is 336 g/mol. The van der Waals surface area contributed by atoms with Crippen molar-refractivity contribution < 1.29 is 5.11 Å². The van der Waals surface area contributed by atoms with Crippen LogP contribution in [0.3, 0.4) is 0 Å². The number of benzene rings is 2. The van der Waals surface area contributed by atoms with Crippen molar-refractivity contribution in [3.8, 4) is 5.69 Å². The molecule has 0 spiro atoms. The van der Waals surface area contributed by atoms with Gasteiger partial charge >= 0.3 is 0 Å². The van der Waals surface area contributed by atoms with Gasteiger partial charge in [-0.05, 0) is 50.6 Å². The molecule has 27 heavy (non-hydrogen) atoms. The Morgan fingerprint density at radius 2 is 1.63 bits per heavy atom. The smallest absolute Gasteiger partial charge is 0.1000 e. The van der Waals surface area contributed by atoms with Gasteiger partial charge in [0.15, 0.2) is 0 Å². The molecule has 1 unspecified atom stereocenters. The predicted octanol–water partition coefficient (Wildman–Crippen LogP) is 3.35. The lowest BCUT2D eigenvalue weighted by molar-refractivity contribution is 0.0792. The van der Waals surface area contributed by atoms with E-state index in [-0.39, 0.29) is 18.1 Å². The first kappa shape index (κ1) is 17.9. The van der Waals surface area contributed by atoms with Gasteiger partial charge in [0.25, 0.3) is 0 Å². The molecule has 0 bridgehead atoms. The third kappa shape index (κ3) is 3.53. The van der Waals surface area contributed by atoms with E-state index in [4.69, 9.17) is 0 Å². The van der Waals surface area contributed by atoms with Gasteiger partial charge in [-0.3, -0.25) is 4.90 Å². The quantitative estimate of drug-likeness (QED) is 0.756. The molecule has 1 aliphatic heterocycles. The fraction of sp³-hybridized carbons (Fsp3) is 0.364. The third-order valence-electron chi connectivity index (χ3n) is 5.95. The normalized spacial score (nSPS) is 18.3. The van der Waals surface area contributed by atoms with Crippen LogP contribution in [0.2, 0.25) is 0 Å². The van der Waals surface area contributed by atoms with Crippen molar-refractivity contribution in [2.75, 3.05) is 19.7 Å². The average Bonchev–Trinajstić information content (AvgIpc) is 3.25. The minimum atomic E-state index is -0.126. The maximum absolute atomic E-state index is 10.1. The second kappa shape index (κ2) is 7.62. The van der Waals surface area contributed by atoms with Crippen molar-refractivity contribution in [1.29, 1.82) is 0 Å². The Morgan fingerprint density at radius 1 is 1.00 bits per heavy atom. The van der Waals surface area contributed by atoms with E-state index < -0.39 is 0 Å². The van der Waals surface area contributed by atoms with Crippen LogP contribution >= 0.6 is 0 Å². The SMILES string of the molecule is CC(c1cn(-c2ccccc2)nn1)N1CCC(CO)(c2ccccc2)CC1. The molecule has 2 aromatic carbocycles. The zero-order chi connectivity index (χ0) is 18.7. The van der Waals surface area contributed by atoms with Gasteiger partial charge in [-0.15, -0.1) is 5.10 Å². The van der Waals surface area contributed by atoms with E-state index in [9.17, 15) is 5.11 Å². The number of likely N-dealkylation sites (tertiary alicyclic amines) is 1. The van der Waals surface area contributed by atoms with Crippen LogP contribution in [0.1, 0.15) is 37.1 Å². The lowest BCUT2D eigenvalue weighted by Gasteiger charge is -2.43. The maximum Gasteiger partial charge on any atom is 0.1000 e. The Hall–Kier alpha value is -2.50. The fourth-order valence-electron chi connectivity index (χ4n) is 4.03. The topological polar surface area (TPSA) is 54.2 Å². The van der Waals surface area contributed by atoms with E-state index in [1.54, 1.807) is 0 Å². The molecule has 1 atom stereocenters. The van der Waals surface area contributed by atoms with Gasteiger partial charge in [0.05, 0.1) is 30.2 Å². The number of rotatable bonds is 5. The summed E-state index contributed by atoms with van der Waals surface area (Å²) in [5.74, 6) is 0. The van der Waals surface area contributed by atoms with Crippen LogP contribution in [0.4, 0.5) is 0 Å². The van der Waals surface area contributed by atoms with Crippen LogP contribution in [0.25, 0.3) is 5.69 Å². The van der Waals surface area contributed by atoms with Crippen molar-refractivity contribution in [2.45, 2.75) is 31.2 Å². The molecule has 1 aromatic heterocycles. The highest BCUT2D eigenvalue weighted by atomic mass is 16.3. The summed E-state index contributed by atoms with van der Waals surface area (Å²) in [6.45, 7) is 4.26. The maximum atomic E-state index is 10.1. The molecule has 1 aliphatic rings. The molecule has 1 saturated heterocycles. The number of aromatic nitrogens is 3. The van der Waals surface area contributed by atoms with Gasteiger partial charge < -0.3 is 5.11 Å². The number of nitrogens with zero attached hydrogens (tertiary/aromatic N) is 4. The van der Waals surface area contributed by atoms with Crippen LogP contribution in [0, 0.1) is 0 Å². The molecule has 0 aliphatic carbocycles. The van der Waals surface area contributed by atoms with Crippen molar-refractivity contribution >= 4 is 0 Å². The number of piperidine rings is 1. The molecule has 1 N–H and O–H groups in total. The molecule has 2 heterocycles. The molecular formula is C22H26N4O. The summed E-state index contributed by atoms with van der Waals surface area (Å²) in [6.07, 6.45) is 3.92. The Labute approximate surface area is 160 Å². The van der Waals surface area contributed by atoms with E-state index in [1.165, 1.54) is 5.56 Å². The highest BCUT2D eigenvalue weighted by Crippen LogP contribution is 2.37. The van der Waals surface area contributed by atoms with Gasteiger partial charge in [-0.25, -0.2) is 4.68 Å². The molecule has 3 aromatic rings. The molecule has 5 nitrogen and oxygen atoms in total. The zero-order valence-corrected chi connectivity index (χ0v) is 15.7. The van der Waals surface area contributed by atoms with Crippen LogP contribution in [-0.2, 0) is 5.41 Å². The van der Waals surface area contributed by atoms with Crippen LogP contribution in [-0.4, -0.2) is 44.7 Å². The number of para-hydroxylation sites is 1. The van der Waals surface area contributed by atoms with E-state index in [1.807, 2.05) is 47.3 Å². The zero-order valence-electron chi connectivity index (χ0n) is 15.7. The van der Waals surface area contributed by atoms with E-state index in [0.29, 0.717) is 0 Å². The highest BCUT2D eigenvalue weighted by molar-refractivity contribution is 5.30. The van der Waals surface area contributed by atoms with E-state index in [2.05, 4.69) is 46.4 Å². The summed E-state index contributed by atoms with van der Waals surface area (Å²) < 4.78 is 1.83. The van der Waals surface area contributed by atoms with Gasteiger partial charge in [0, 0.05) is 5.41 Å². The lowest BCUT2D eigenvalue weighted by atomic mass is 9.73. The number of hydrogen-bond acceptors (Lipinski definition) is 4. The molecule has 0 amide bonds. The Kier molecular flexibility index (Phi) is 5.05. The Morgan fingerprint density at radius 3 is 2.26 bits per heavy atom. The molecule has 0 saturated carbocycles. The first-order chi connectivity index (χ1) is 13.2. The largest absolute Gasteiger partial charge is 0.395 e. The second-order valence-corrected chi connectivity index (χ2v) is 7.44. The fourth-order valence-corrected chi connectivity index (χ4v) is 4.03. The minimum Gasteiger partial charge on any atom is -0.395 e. The minimum absolute atomic E-state index is 0.126. The predicted molar refractivity (Wildman–Crippen MR) is 106 cm³/mol. The van der Waals surface area contributed by atoms with E-state index in [0.717, 1.165) is 37.3 Å². The number of aliphatic hydroxyl groups is 1. The summed E-state index contributed by atoms with van der Waals surface area (Å²) in [7, 11) is 0. The third-order valence-corrected chi connectivity index (χ3v) is 5.95. The molecule has 140 valence electrons. The average molecular weight is 362 g/mol. The van der Waals surface area contributed by atoms with Crippen LogP contribution < -0.4 is 0 Å². The Bertz CT molecular complexity index is 854. The van der Waals surface area contributed by atoms with Crippen molar-refractivity contribution in [3.05, 3.63) is 78.1 Å². The van der Waals surface area contributed by atoms with E-state index >= 15 is 0 Å². The molecule has 1 fully saturated rings. The first-order valence-electron chi connectivity index (χ1n) is 9.60. The highest BCUT2D eigenvalue weighted by Gasteiger charge is 2.37. The monoisotopic (exact) mass is 362 g/mol. The van der Waals surface area contributed by atoms with Gasteiger partial charge in [-0.1, -0.05) is 53.7 Å². The second-order valence-electron chi connectivity index (χ2n) is 7.44. The summed E-state index contributed by atoms with van der Waals surface area (Å²) in [4.78, 5) is 2.44. The summed E-state index contributed by atoms with van der Waals surface area (Å²) in [5.41, 5.74) is 3.12. The van der Waals surface area contributed by atoms with Crippen LogP contribution in [0.5, 0.6) is 0 Å². The lowest BCUT2D eigenvalue weighted by Crippen LogP contribution is -2.45. The summed E-state index contributed by atoms with van der Waals surface area (Å²) >= 11 is 0. The molecule has 0 radical (unpaired) electrons. The van der Waals surface area contributed by atoms with Crippen molar-refractivity contribution in [1.82, 2.24) is 19.9 Å². The molecule has 5 heteroatoms. The van der Waals surface area contributed by atoms with Gasteiger partial charge in [-0.2, -0.15) is 0 Å². The standard InChI is InChI=1S/C22H26N4O/c1-18(21-16-26(24-23-21)20-10-6-3-7-11-20)25-14-12-22(17-27,13-15-25)19-8-4-2-5-9-19/h2-11,16,18,27H,12-15,17H2,1H3. The Balaban J connectivity index is 1.46. The first-order valence-corrected chi connectivity index (χ1v) is 9.60. The van der Waals surface area contributed by atoms with Crippen molar-refractivity contribution in [3.63, 3.8) is 0 Å². The van der Waals surface area contributed by atoms with Crippen LogP contribution in [0.15, 0.2) is 66.9 Å². The summed E-state index contributed by atoms with van der Waals surface area (Å²) in [6, 6.07) is 20.7. The molecule has 4 rings (SSSR count). The number of aliphatic hydroxyl groups excluding tert-OH is 1.